The number of anilines is 2. The zero-order chi connectivity index (χ0) is 23.1. The summed E-state index contributed by atoms with van der Waals surface area (Å²) in [4.78, 5) is 34.3. The van der Waals surface area contributed by atoms with Crippen molar-refractivity contribution >= 4 is 45.7 Å². The van der Waals surface area contributed by atoms with Crippen molar-refractivity contribution in [2.45, 2.75) is 38.6 Å². The number of benzene rings is 1. The molecule has 0 unspecified atom stereocenters. The average Bonchev–Trinajstić information content (AvgIpc) is 3.65. The van der Waals surface area contributed by atoms with Gasteiger partial charge in [-0.05, 0) is 43.2 Å². The summed E-state index contributed by atoms with van der Waals surface area (Å²) in [5.41, 5.74) is 10.7. The molecular weight excluding hydrogens is 440 g/mol. The van der Waals surface area contributed by atoms with E-state index in [2.05, 4.69) is 14.6 Å². The minimum absolute atomic E-state index is 0.0656. The minimum atomic E-state index is -0.586. The molecule has 0 amide bonds. The van der Waals surface area contributed by atoms with Gasteiger partial charge in [-0.2, -0.15) is 0 Å². The van der Waals surface area contributed by atoms with Gasteiger partial charge in [0.1, 0.15) is 12.7 Å². The number of pyridine rings is 1. The molecule has 2 aliphatic heterocycles. The van der Waals surface area contributed by atoms with Crippen LogP contribution in [-0.2, 0) is 9.57 Å². The number of fused-ring (bicyclic) bond motifs is 1. The largest absolute Gasteiger partial charge is 0.462 e. The van der Waals surface area contributed by atoms with Gasteiger partial charge in [0, 0.05) is 48.5 Å². The molecule has 1 aromatic carbocycles. The van der Waals surface area contributed by atoms with Gasteiger partial charge in [0.25, 0.3) is 0 Å². The number of aromatic nitrogens is 1. The maximum absolute atomic E-state index is 13.2. The maximum Gasteiger partial charge on any atom is 0.343 e. The summed E-state index contributed by atoms with van der Waals surface area (Å²) in [6.07, 6.45) is 5.52. The van der Waals surface area contributed by atoms with Crippen molar-refractivity contribution in [3.8, 4) is 0 Å². The van der Waals surface area contributed by atoms with Crippen molar-refractivity contribution in [1.29, 1.82) is 0 Å². The second kappa shape index (κ2) is 8.78. The Morgan fingerprint density at radius 1 is 1.30 bits per heavy atom. The summed E-state index contributed by atoms with van der Waals surface area (Å²) in [7, 11) is 1.58. The Bertz CT molecular complexity index is 1250. The number of hydrogen-bond acceptors (Lipinski definition) is 8. The van der Waals surface area contributed by atoms with Crippen molar-refractivity contribution in [3.63, 3.8) is 0 Å². The van der Waals surface area contributed by atoms with E-state index in [4.69, 9.17) is 15.3 Å². The lowest BCUT2D eigenvalue weighted by atomic mass is 10.0. The fraction of sp³-hybridized carbons (Fsp3) is 0.458. The third-order valence-corrected chi connectivity index (χ3v) is 7.62. The van der Waals surface area contributed by atoms with Crippen LogP contribution in [0.3, 0.4) is 0 Å². The first-order valence-corrected chi connectivity index (χ1v) is 12.4. The Kier molecular flexibility index (Phi) is 5.82. The summed E-state index contributed by atoms with van der Waals surface area (Å²) < 4.78 is 7.17. The van der Waals surface area contributed by atoms with Gasteiger partial charge in [-0.25, -0.2) is 4.79 Å². The number of nitrogens with two attached hydrogens (primary N) is 1. The lowest BCUT2D eigenvalue weighted by molar-refractivity contribution is 0.0524. The molecule has 3 heterocycles. The molecule has 2 aromatic rings. The molecule has 174 valence electrons. The monoisotopic (exact) mass is 468 g/mol. The first-order valence-electron chi connectivity index (χ1n) is 11.4. The van der Waals surface area contributed by atoms with Crippen LogP contribution in [0.1, 0.15) is 49.0 Å². The van der Waals surface area contributed by atoms with Crippen LogP contribution in [0.4, 0.5) is 11.4 Å². The van der Waals surface area contributed by atoms with Gasteiger partial charge >= 0.3 is 5.97 Å². The van der Waals surface area contributed by atoms with E-state index in [-0.39, 0.29) is 23.6 Å². The Morgan fingerprint density at radius 2 is 2.12 bits per heavy atom. The van der Waals surface area contributed by atoms with Crippen molar-refractivity contribution in [3.05, 3.63) is 44.6 Å². The third kappa shape index (κ3) is 3.99. The Morgan fingerprint density at radius 3 is 2.85 bits per heavy atom. The molecule has 5 rings (SSSR count). The van der Waals surface area contributed by atoms with Gasteiger partial charge in [-0.1, -0.05) is 5.16 Å². The van der Waals surface area contributed by atoms with E-state index in [1.54, 1.807) is 26.3 Å². The number of rotatable bonds is 5. The number of oxime groups is 1. The molecule has 1 aliphatic carbocycles. The number of hydrogen-bond donors (Lipinski definition) is 1. The summed E-state index contributed by atoms with van der Waals surface area (Å²) in [5, 5.41) is 4.72. The highest BCUT2D eigenvalue weighted by molar-refractivity contribution is 8.03. The van der Waals surface area contributed by atoms with Crippen LogP contribution in [-0.4, -0.2) is 48.8 Å². The molecule has 0 atom stereocenters. The molecule has 1 saturated carbocycles. The highest BCUT2D eigenvalue weighted by Crippen LogP contribution is 2.41. The summed E-state index contributed by atoms with van der Waals surface area (Å²) in [6, 6.07) is 4.01. The van der Waals surface area contributed by atoms with Crippen LogP contribution in [0.15, 0.2) is 38.8 Å². The molecule has 2 N–H and O–H groups in total. The molecule has 1 fully saturated rings. The lowest BCUT2D eigenvalue weighted by Crippen LogP contribution is -2.36. The number of nitrogen functional groups attached to an aromatic ring is 1. The van der Waals surface area contributed by atoms with Gasteiger partial charge in [-0.3, -0.25) is 4.79 Å². The number of thioether (sulfide) groups is 1. The molecular formula is C24H28N4O4S. The minimum Gasteiger partial charge on any atom is -0.462 e. The number of carbonyl (C=O) groups is 1. The van der Waals surface area contributed by atoms with Crippen LogP contribution < -0.4 is 16.1 Å². The van der Waals surface area contributed by atoms with Crippen molar-refractivity contribution in [2.75, 3.05) is 43.2 Å². The number of esters is 1. The maximum atomic E-state index is 13.2. The van der Waals surface area contributed by atoms with Crippen molar-refractivity contribution in [1.82, 2.24) is 4.57 Å². The van der Waals surface area contributed by atoms with Crippen LogP contribution in [0.2, 0.25) is 0 Å². The van der Waals surface area contributed by atoms with Crippen LogP contribution in [0.25, 0.3) is 10.9 Å². The fourth-order valence-corrected chi connectivity index (χ4v) is 5.81. The second-order valence-electron chi connectivity index (χ2n) is 8.55. The predicted molar refractivity (Wildman–Crippen MR) is 132 cm³/mol. The quantitative estimate of drug-likeness (QED) is 0.406. The fourth-order valence-electron chi connectivity index (χ4n) is 4.68. The van der Waals surface area contributed by atoms with E-state index in [9.17, 15) is 9.59 Å². The average molecular weight is 469 g/mol. The highest BCUT2D eigenvalue weighted by atomic mass is 32.2. The highest BCUT2D eigenvalue weighted by Gasteiger charge is 2.30. The number of carbonyl (C=O) groups excluding carboxylic acids is 1. The van der Waals surface area contributed by atoms with Gasteiger partial charge in [0.15, 0.2) is 0 Å². The van der Waals surface area contributed by atoms with Crippen molar-refractivity contribution < 1.29 is 14.4 Å². The number of nitrogens with zero attached hydrogens (tertiary/aromatic N) is 3. The van der Waals surface area contributed by atoms with Gasteiger partial charge in [0.2, 0.25) is 5.43 Å². The normalized spacial score (nSPS) is 19.7. The first kappa shape index (κ1) is 21.9. The molecule has 33 heavy (non-hydrogen) atoms. The van der Waals surface area contributed by atoms with E-state index in [1.807, 2.05) is 17.8 Å². The second-order valence-corrected chi connectivity index (χ2v) is 9.74. The third-order valence-electron chi connectivity index (χ3n) is 6.42. The van der Waals surface area contributed by atoms with E-state index in [1.165, 1.54) is 10.5 Å². The Balaban J connectivity index is 1.59. The van der Waals surface area contributed by atoms with E-state index in [0.29, 0.717) is 17.6 Å². The number of ether oxygens (including phenoxy) is 1. The molecule has 8 nitrogen and oxygen atoms in total. The van der Waals surface area contributed by atoms with E-state index < -0.39 is 5.97 Å². The molecule has 1 aromatic heterocycles. The molecule has 9 heteroatoms. The van der Waals surface area contributed by atoms with E-state index >= 15 is 0 Å². The standard InChI is InChI=1S/C24H28N4O4S/c1-3-32-24(30)17-13-28(14-4-5-14)20-11-21(18(25)10-15(20)23(17)29)27-8-6-22-16(12-27)19(26-31-2)7-9-33-22/h10-11,13-14H,3-9,12,25H2,1-2H3/b26-19+. The van der Waals surface area contributed by atoms with Crippen LogP contribution in [0.5, 0.6) is 0 Å². The molecule has 0 spiro atoms. The van der Waals surface area contributed by atoms with E-state index in [0.717, 1.165) is 54.9 Å². The van der Waals surface area contributed by atoms with Crippen LogP contribution >= 0.6 is 11.8 Å². The Labute approximate surface area is 196 Å². The summed E-state index contributed by atoms with van der Waals surface area (Å²) >= 11 is 1.90. The summed E-state index contributed by atoms with van der Waals surface area (Å²) in [6.45, 7) is 3.50. The lowest BCUT2D eigenvalue weighted by Gasteiger charge is -2.35. The van der Waals surface area contributed by atoms with Crippen molar-refractivity contribution in [2.24, 2.45) is 5.16 Å². The first-order chi connectivity index (χ1) is 16.0. The zero-order valence-electron chi connectivity index (χ0n) is 18.9. The Hall–Kier alpha value is -2.94. The van der Waals surface area contributed by atoms with Crippen LogP contribution in [0, 0.1) is 0 Å². The predicted octanol–water partition coefficient (Wildman–Crippen LogP) is 3.70. The summed E-state index contributed by atoms with van der Waals surface area (Å²) in [5.74, 6) is 0.437. The molecule has 0 radical (unpaired) electrons. The zero-order valence-corrected chi connectivity index (χ0v) is 19.7. The molecule has 0 saturated heterocycles. The smallest absolute Gasteiger partial charge is 0.343 e. The molecule has 0 bridgehead atoms. The topological polar surface area (TPSA) is 99.2 Å². The van der Waals surface area contributed by atoms with Gasteiger partial charge in [0.05, 0.1) is 29.2 Å². The SMILES string of the molecule is CCOC(=O)c1cn(C2CC2)c2cc(N3CCC4=C(C3)/C(=N/OC)CCS4)c(N)cc2c1=O. The molecule has 3 aliphatic rings. The van der Waals surface area contributed by atoms with Gasteiger partial charge < -0.3 is 24.8 Å². The van der Waals surface area contributed by atoms with Gasteiger partial charge in [-0.15, -0.1) is 11.8 Å².